The van der Waals surface area contributed by atoms with E-state index in [1.54, 1.807) is 12.4 Å². The normalized spacial score (nSPS) is 11.4. The predicted molar refractivity (Wildman–Crippen MR) is 68.1 cm³/mol. The summed E-state index contributed by atoms with van der Waals surface area (Å²) in [5.41, 5.74) is 5.48. The van der Waals surface area contributed by atoms with Gasteiger partial charge in [-0.1, -0.05) is 27.7 Å². The lowest BCUT2D eigenvalue weighted by atomic mass is 9.85. The van der Waals surface area contributed by atoms with E-state index in [9.17, 15) is 0 Å². The first-order valence-electron chi connectivity index (χ1n) is 5.82. The number of nitrogen functional groups attached to an aromatic ring is 1. The molecule has 0 aromatic carbocycles. The number of rotatable bonds is 5. The average molecular weight is 222 g/mol. The molecule has 1 aromatic heterocycles. The summed E-state index contributed by atoms with van der Waals surface area (Å²) < 4.78 is 0. The first-order chi connectivity index (χ1) is 7.50. The van der Waals surface area contributed by atoms with Gasteiger partial charge >= 0.3 is 0 Å². The van der Waals surface area contributed by atoms with E-state index in [2.05, 4.69) is 43.0 Å². The van der Waals surface area contributed by atoms with Gasteiger partial charge in [0.25, 0.3) is 0 Å². The van der Waals surface area contributed by atoms with Gasteiger partial charge in [0.2, 0.25) is 0 Å². The van der Waals surface area contributed by atoms with Crippen molar-refractivity contribution in [2.24, 2.45) is 17.8 Å². The maximum atomic E-state index is 5.48. The fourth-order valence-electron chi connectivity index (χ4n) is 1.89. The SMILES string of the molecule is CC(C)C(CNc1cnc(N)cn1)C(C)C. The number of nitrogens with two attached hydrogens (primary N) is 1. The summed E-state index contributed by atoms with van der Waals surface area (Å²) >= 11 is 0. The van der Waals surface area contributed by atoms with Crippen molar-refractivity contribution in [3.8, 4) is 0 Å². The highest BCUT2D eigenvalue weighted by Crippen LogP contribution is 2.20. The molecule has 0 atom stereocenters. The van der Waals surface area contributed by atoms with Gasteiger partial charge in [0.05, 0.1) is 12.4 Å². The molecule has 4 heteroatoms. The fraction of sp³-hybridized carbons (Fsp3) is 0.667. The van der Waals surface area contributed by atoms with Crippen molar-refractivity contribution >= 4 is 11.6 Å². The van der Waals surface area contributed by atoms with Crippen molar-refractivity contribution in [3.63, 3.8) is 0 Å². The summed E-state index contributed by atoms with van der Waals surface area (Å²) in [6.07, 6.45) is 3.25. The van der Waals surface area contributed by atoms with E-state index >= 15 is 0 Å². The Morgan fingerprint density at radius 1 is 1.12 bits per heavy atom. The number of aromatic nitrogens is 2. The molecule has 0 unspecified atom stereocenters. The van der Waals surface area contributed by atoms with Gasteiger partial charge in [-0.15, -0.1) is 0 Å². The Kier molecular flexibility index (Phi) is 4.52. The van der Waals surface area contributed by atoms with E-state index in [0.717, 1.165) is 12.4 Å². The maximum Gasteiger partial charge on any atom is 0.144 e. The third kappa shape index (κ3) is 3.68. The number of anilines is 2. The van der Waals surface area contributed by atoms with E-state index in [1.165, 1.54) is 0 Å². The monoisotopic (exact) mass is 222 g/mol. The molecule has 1 aromatic rings. The van der Waals surface area contributed by atoms with Crippen LogP contribution in [0.15, 0.2) is 12.4 Å². The summed E-state index contributed by atoms with van der Waals surface area (Å²) in [7, 11) is 0. The van der Waals surface area contributed by atoms with Gasteiger partial charge in [0, 0.05) is 6.54 Å². The molecule has 0 fully saturated rings. The van der Waals surface area contributed by atoms with Crippen LogP contribution in [-0.2, 0) is 0 Å². The fourth-order valence-corrected chi connectivity index (χ4v) is 1.89. The Labute approximate surface area is 97.7 Å². The lowest BCUT2D eigenvalue weighted by Crippen LogP contribution is -2.24. The van der Waals surface area contributed by atoms with Crippen LogP contribution in [0.3, 0.4) is 0 Å². The zero-order valence-corrected chi connectivity index (χ0v) is 10.6. The molecule has 0 aliphatic carbocycles. The van der Waals surface area contributed by atoms with Crippen LogP contribution in [0.25, 0.3) is 0 Å². The Morgan fingerprint density at radius 2 is 1.75 bits per heavy atom. The molecular weight excluding hydrogens is 200 g/mol. The zero-order chi connectivity index (χ0) is 12.1. The Morgan fingerprint density at radius 3 is 2.19 bits per heavy atom. The minimum atomic E-state index is 0.454. The molecule has 3 N–H and O–H groups in total. The van der Waals surface area contributed by atoms with Crippen LogP contribution in [0, 0.1) is 17.8 Å². The standard InChI is InChI=1S/C12H22N4/c1-8(2)10(9(3)4)5-15-12-7-14-11(13)6-16-12/h6-10H,5H2,1-4H3,(H2,13,14)(H,15,16). The Bertz CT molecular complexity index is 297. The van der Waals surface area contributed by atoms with Gasteiger partial charge in [-0.05, 0) is 17.8 Å². The first-order valence-corrected chi connectivity index (χ1v) is 5.82. The largest absolute Gasteiger partial charge is 0.382 e. The van der Waals surface area contributed by atoms with Crippen molar-refractivity contribution in [1.82, 2.24) is 9.97 Å². The van der Waals surface area contributed by atoms with Crippen molar-refractivity contribution < 1.29 is 0 Å². The van der Waals surface area contributed by atoms with Crippen LogP contribution < -0.4 is 11.1 Å². The summed E-state index contributed by atoms with van der Waals surface area (Å²) in [4.78, 5) is 8.17. The molecule has 0 spiro atoms. The third-order valence-corrected chi connectivity index (χ3v) is 2.90. The van der Waals surface area contributed by atoms with Gasteiger partial charge in [0.15, 0.2) is 0 Å². The number of nitrogens with zero attached hydrogens (tertiary/aromatic N) is 2. The molecule has 1 rings (SSSR count). The average Bonchev–Trinajstić information content (AvgIpc) is 2.20. The van der Waals surface area contributed by atoms with Crippen LogP contribution in [-0.4, -0.2) is 16.5 Å². The second-order valence-corrected chi connectivity index (χ2v) is 4.86. The number of hydrogen-bond donors (Lipinski definition) is 2. The second kappa shape index (κ2) is 5.68. The lowest BCUT2D eigenvalue weighted by molar-refractivity contribution is 0.304. The molecule has 16 heavy (non-hydrogen) atoms. The van der Waals surface area contributed by atoms with Crippen molar-refractivity contribution in [2.75, 3.05) is 17.6 Å². The van der Waals surface area contributed by atoms with E-state index in [1.807, 2.05) is 0 Å². The van der Waals surface area contributed by atoms with E-state index < -0.39 is 0 Å². The highest BCUT2D eigenvalue weighted by Gasteiger charge is 2.17. The second-order valence-electron chi connectivity index (χ2n) is 4.86. The lowest BCUT2D eigenvalue weighted by Gasteiger charge is -2.25. The van der Waals surface area contributed by atoms with Crippen LogP contribution >= 0.6 is 0 Å². The molecule has 0 saturated carbocycles. The van der Waals surface area contributed by atoms with Crippen LogP contribution in [0.4, 0.5) is 11.6 Å². The van der Waals surface area contributed by atoms with Crippen molar-refractivity contribution in [1.29, 1.82) is 0 Å². The van der Waals surface area contributed by atoms with Gasteiger partial charge in [-0.3, -0.25) is 0 Å². The van der Waals surface area contributed by atoms with Crippen LogP contribution in [0.1, 0.15) is 27.7 Å². The predicted octanol–water partition coefficient (Wildman–Crippen LogP) is 2.40. The summed E-state index contributed by atoms with van der Waals surface area (Å²) in [5, 5.41) is 3.31. The maximum absolute atomic E-state index is 5.48. The molecule has 0 radical (unpaired) electrons. The smallest absolute Gasteiger partial charge is 0.144 e. The highest BCUT2D eigenvalue weighted by atomic mass is 15.0. The zero-order valence-electron chi connectivity index (χ0n) is 10.6. The summed E-state index contributed by atoms with van der Waals surface area (Å²) in [6, 6.07) is 0. The molecule has 1 heterocycles. The van der Waals surface area contributed by atoms with Gasteiger partial charge in [-0.25, -0.2) is 9.97 Å². The van der Waals surface area contributed by atoms with E-state index in [-0.39, 0.29) is 0 Å². The third-order valence-electron chi connectivity index (χ3n) is 2.90. The minimum Gasteiger partial charge on any atom is -0.382 e. The number of hydrogen-bond acceptors (Lipinski definition) is 4. The van der Waals surface area contributed by atoms with E-state index in [0.29, 0.717) is 23.6 Å². The molecular formula is C12H22N4. The molecule has 0 amide bonds. The van der Waals surface area contributed by atoms with Crippen LogP contribution in [0.2, 0.25) is 0 Å². The molecule has 0 aliphatic rings. The molecule has 0 saturated heterocycles. The summed E-state index contributed by atoms with van der Waals surface area (Å²) in [5.74, 6) is 3.21. The van der Waals surface area contributed by atoms with Gasteiger partial charge < -0.3 is 11.1 Å². The Balaban J connectivity index is 2.52. The van der Waals surface area contributed by atoms with Crippen LogP contribution in [0.5, 0.6) is 0 Å². The topological polar surface area (TPSA) is 63.8 Å². The quantitative estimate of drug-likeness (QED) is 0.803. The molecule has 4 nitrogen and oxygen atoms in total. The number of nitrogens with one attached hydrogen (secondary N) is 1. The molecule has 90 valence electrons. The van der Waals surface area contributed by atoms with Gasteiger partial charge in [-0.2, -0.15) is 0 Å². The van der Waals surface area contributed by atoms with Gasteiger partial charge in [0.1, 0.15) is 11.6 Å². The first kappa shape index (κ1) is 12.7. The minimum absolute atomic E-state index is 0.454. The van der Waals surface area contributed by atoms with Crippen molar-refractivity contribution in [3.05, 3.63) is 12.4 Å². The van der Waals surface area contributed by atoms with E-state index in [4.69, 9.17) is 5.73 Å². The Hall–Kier alpha value is -1.32. The summed E-state index contributed by atoms with van der Waals surface area (Å²) in [6.45, 7) is 9.93. The molecule has 0 bridgehead atoms. The highest BCUT2D eigenvalue weighted by molar-refractivity contribution is 5.35. The molecule has 0 aliphatic heterocycles. The van der Waals surface area contributed by atoms with Crippen molar-refractivity contribution in [2.45, 2.75) is 27.7 Å².